The number of aromatic nitrogens is 2. The summed E-state index contributed by atoms with van der Waals surface area (Å²) in [5.41, 5.74) is 0.158. The fourth-order valence-corrected chi connectivity index (χ4v) is 1.64. The maximum absolute atomic E-state index is 12.0. The third-order valence-corrected chi connectivity index (χ3v) is 3.00. The zero-order chi connectivity index (χ0) is 16.0. The second-order valence-electron chi connectivity index (χ2n) is 5.28. The van der Waals surface area contributed by atoms with Crippen LogP contribution in [-0.2, 0) is 4.79 Å². The van der Waals surface area contributed by atoms with Gasteiger partial charge in [-0.1, -0.05) is 39.3 Å². The number of nitrogens with one attached hydrogen (secondary N) is 2. The predicted octanol–water partition coefficient (Wildman–Crippen LogP) is 1.76. The molecule has 0 unspecified atom stereocenters. The number of nitrogens with zero attached hydrogens (tertiary/aromatic N) is 2. The molecule has 6 nitrogen and oxygen atoms in total. The minimum atomic E-state index is -0.372. The lowest BCUT2D eigenvalue weighted by Gasteiger charge is -2.10. The third kappa shape index (κ3) is 5.30. The largest absolute Gasteiger partial charge is 0.354 e. The van der Waals surface area contributed by atoms with Gasteiger partial charge in [-0.3, -0.25) is 9.59 Å². The number of carbonyl (C=O) groups excluding carboxylic acids is 2. The highest BCUT2D eigenvalue weighted by molar-refractivity contribution is 6.33. The van der Waals surface area contributed by atoms with Crippen molar-refractivity contribution in [3.8, 4) is 0 Å². The highest BCUT2D eigenvalue weighted by atomic mass is 35.5. The first-order chi connectivity index (χ1) is 9.82. The molecule has 2 amide bonds. The molecule has 1 aromatic heterocycles. The Kier molecular flexibility index (Phi) is 6.55. The molecule has 1 aromatic rings. The van der Waals surface area contributed by atoms with Gasteiger partial charge in [0.2, 0.25) is 5.91 Å². The number of amides is 2. The van der Waals surface area contributed by atoms with Gasteiger partial charge >= 0.3 is 0 Å². The smallest absolute Gasteiger partial charge is 0.271 e. The Bertz CT molecular complexity index is 518. The minimum absolute atomic E-state index is 0.0496. The molecule has 116 valence electrons. The fourth-order valence-electron chi connectivity index (χ4n) is 1.47. The molecule has 21 heavy (non-hydrogen) atoms. The summed E-state index contributed by atoms with van der Waals surface area (Å²) >= 11 is 5.95. The number of halogens is 1. The Morgan fingerprint density at radius 2 is 1.81 bits per heavy atom. The molecule has 0 aliphatic carbocycles. The second-order valence-corrected chi connectivity index (χ2v) is 5.69. The molecule has 1 rings (SSSR count). The van der Waals surface area contributed by atoms with Gasteiger partial charge in [-0.15, -0.1) is 0 Å². The maximum Gasteiger partial charge on any atom is 0.271 e. The molecule has 1 heterocycles. The van der Waals surface area contributed by atoms with Gasteiger partial charge in [0, 0.05) is 24.9 Å². The zero-order valence-electron chi connectivity index (χ0n) is 12.7. The van der Waals surface area contributed by atoms with Gasteiger partial charge in [-0.2, -0.15) is 0 Å². The number of hydrogen-bond acceptors (Lipinski definition) is 4. The van der Waals surface area contributed by atoms with Crippen LogP contribution >= 0.6 is 11.6 Å². The topological polar surface area (TPSA) is 84.0 Å². The molecule has 0 atom stereocenters. The zero-order valence-corrected chi connectivity index (χ0v) is 13.5. The van der Waals surface area contributed by atoms with E-state index in [2.05, 4.69) is 20.6 Å². The molecule has 0 fully saturated rings. The number of carbonyl (C=O) groups is 2. The maximum atomic E-state index is 12.0. The lowest BCUT2D eigenvalue weighted by Crippen LogP contribution is -2.36. The van der Waals surface area contributed by atoms with E-state index >= 15 is 0 Å². The van der Waals surface area contributed by atoms with Crippen molar-refractivity contribution < 1.29 is 9.59 Å². The van der Waals surface area contributed by atoms with E-state index in [0.717, 1.165) is 0 Å². The Labute approximate surface area is 129 Å². The van der Waals surface area contributed by atoms with Crippen molar-refractivity contribution in [1.82, 2.24) is 20.6 Å². The van der Waals surface area contributed by atoms with Gasteiger partial charge in [0.15, 0.2) is 0 Å². The van der Waals surface area contributed by atoms with E-state index in [1.54, 1.807) is 0 Å². The Morgan fingerprint density at radius 3 is 2.38 bits per heavy atom. The molecule has 0 aliphatic heterocycles. The van der Waals surface area contributed by atoms with E-state index < -0.39 is 0 Å². The summed E-state index contributed by atoms with van der Waals surface area (Å²) in [5.74, 6) is 0.178. The van der Waals surface area contributed by atoms with Crippen LogP contribution in [0.4, 0.5) is 0 Å². The molecule has 0 saturated carbocycles. The van der Waals surface area contributed by atoms with Crippen molar-refractivity contribution in [1.29, 1.82) is 0 Å². The van der Waals surface area contributed by atoms with Crippen LogP contribution in [0.2, 0.25) is 5.02 Å². The van der Waals surface area contributed by atoms with Gasteiger partial charge in [0.05, 0.1) is 11.2 Å². The summed E-state index contributed by atoms with van der Waals surface area (Å²) < 4.78 is 0. The summed E-state index contributed by atoms with van der Waals surface area (Å²) in [4.78, 5) is 31.6. The Balaban J connectivity index is 2.56. The van der Waals surface area contributed by atoms with E-state index in [1.807, 2.05) is 27.7 Å². The van der Waals surface area contributed by atoms with Gasteiger partial charge in [0.25, 0.3) is 5.91 Å². The van der Waals surface area contributed by atoms with Crippen molar-refractivity contribution in [2.24, 2.45) is 5.92 Å². The van der Waals surface area contributed by atoms with Crippen LogP contribution in [0.3, 0.4) is 0 Å². The fraction of sp³-hybridized carbons (Fsp3) is 0.571. The molecular formula is C14H21ClN4O2. The lowest BCUT2D eigenvalue weighted by atomic mass is 10.2. The van der Waals surface area contributed by atoms with Crippen LogP contribution in [0.5, 0.6) is 0 Å². The molecule has 2 N–H and O–H groups in total. The average molecular weight is 313 g/mol. The van der Waals surface area contributed by atoms with Crippen LogP contribution in [0.15, 0.2) is 6.20 Å². The third-order valence-electron chi connectivity index (χ3n) is 2.73. The van der Waals surface area contributed by atoms with Gasteiger partial charge < -0.3 is 10.6 Å². The van der Waals surface area contributed by atoms with Crippen molar-refractivity contribution in [2.45, 2.75) is 33.6 Å². The first kappa shape index (κ1) is 17.4. The highest BCUT2D eigenvalue weighted by Crippen LogP contribution is 2.16. The van der Waals surface area contributed by atoms with Crippen molar-refractivity contribution in [3.63, 3.8) is 0 Å². The summed E-state index contributed by atoms with van der Waals surface area (Å²) in [5, 5.41) is 5.60. The minimum Gasteiger partial charge on any atom is -0.354 e. The lowest BCUT2D eigenvalue weighted by molar-refractivity contribution is -0.123. The van der Waals surface area contributed by atoms with Crippen LogP contribution in [0, 0.1) is 5.92 Å². The second kappa shape index (κ2) is 7.93. The van der Waals surface area contributed by atoms with Gasteiger partial charge in [-0.25, -0.2) is 9.97 Å². The van der Waals surface area contributed by atoms with Gasteiger partial charge in [-0.05, 0) is 0 Å². The van der Waals surface area contributed by atoms with Crippen molar-refractivity contribution in [3.05, 3.63) is 22.7 Å². The molecule has 0 spiro atoms. The molecule has 0 saturated heterocycles. The molecule has 0 aromatic carbocycles. The number of rotatable bonds is 6. The van der Waals surface area contributed by atoms with E-state index in [0.29, 0.717) is 18.9 Å². The summed E-state index contributed by atoms with van der Waals surface area (Å²) in [6, 6.07) is 0. The summed E-state index contributed by atoms with van der Waals surface area (Å²) in [6.07, 6.45) is 1.43. The van der Waals surface area contributed by atoms with Crippen LogP contribution in [0.25, 0.3) is 0 Å². The molecular weight excluding hydrogens is 292 g/mol. The molecule has 0 aliphatic rings. The monoisotopic (exact) mass is 312 g/mol. The van der Waals surface area contributed by atoms with E-state index in [9.17, 15) is 9.59 Å². The standard InChI is InChI=1S/C14H21ClN4O2/c1-8(2)12-18-7-10(15)11(19-12)14(21)17-6-5-16-13(20)9(3)4/h7-9H,5-6H2,1-4H3,(H,16,20)(H,17,21). The number of hydrogen-bond donors (Lipinski definition) is 2. The van der Waals surface area contributed by atoms with E-state index in [-0.39, 0.29) is 34.4 Å². The van der Waals surface area contributed by atoms with Crippen LogP contribution < -0.4 is 10.6 Å². The summed E-state index contributed by atoms with van der Waals surface area (Å²) in [6.45, 7) is 8.17. The SMILES string of the molecule is CC(C)C(=O)NCCNC(=O)c1nc(C(C)C)ncc1Cl. The first-order valence-corrected chi connectivity index (χ1v) is 7.29. The van der Waals surface area contributed by atoms with E-state index in [4.69, 9.17) is 11.6 Å². The predicted molar refractivity (Wildman–Crippen MR) is 81.3 cm³/mol. The molecule has 0 bridgehead atoms. The Hall–Kier alpha value is -1.69. The normalized spacial score (nSPS) is 10.8. The van der Waals surface area contributed by atoms with E-state index in [1.165, 1.54) is 6.20 Å². The van der Waals surface area contributed by atoms with Crippen molar-refractivity contribution >= 4 is 23.4 Å². The summed E-state index contributed by atoms with van der Waals surface area (Å²) in [7, 11) is 0. The van der Waals surface area contributed by atoms with Gasteiger partial charge in [0.1, 0.15) is 11.5 Å². The Morgan fingerprint density at radius 1 is 1.19 bits per heavy atom. The highest BCUT2D eigenvalue weighted by Gasteiger charge is 2.15. The molecule has 0 radical (unpaired) electrons. The first-order valence-electron chi connectivity index (χ1n) is 6.91. The van der Waals surface area contributed by atoms with Crippen LogP contribution in [0.1, 0.15) is 49.9 Å². The van der Waals surface area contributed by atoms with Crippen molar-refractivity contribution in [2.75, 3.05) is 13.1 Å². The quantitative estimate of drug-likeness (QED) is 0.784. The molecule has 7 heteroatoms. The van der Waals surface area contributed by atoms with Crippen LogP contribution in [-0.4, -0.2) is 34.9 Å². The average Bonchev–Trinajstić information content (AvgIpc) is 2.43.